The van der Waals surface area contributed by atoms with E-state index in [0.717, 1.165) is 0 Å². The van der Waals surface area contributed by atoms with Gasteiger partial charge in [-0.3, -0.25) is 4.79 Å². The van der Waals surface area contributed by atoms with Gasteiger partial charge in [0.2, 0.25) is 0 Å². The topological polar surface area (TPSA) is 72.8 Å². The lowest BCUT2D eigenvalue weighted by Crippen LogP contribution is -2.14. The van der Waals surface area contributed by atoms with Crippen molar-refractivity contribution in [1.29, 1.82) is 0 Å². The Bertz CT molecular complexity index is 200. The Balaban J connectivity index is 2.37. The van der Waals surface area contributed by atoms with Gasteiger partial charge in [-0.25, -0.2) is 4.79 Å². The van der Waals surface area contributed by atoms with Crippen LogP contribution in [0.1, 0.15) is 12.8 Å². The van der Waals surface area contributed by atoms with Gasteiger partial charge in [-0.15, -0.1) is 0 Å². The molecule has 0 amide bonds. The lowest BCUT2D eigenvalue weighted by Gasteiger charge is -2.05. The zero-order valence-electron chi connectivity index (χ0n) is 6.65. The van der Waals surface area contributed by atoms with Crippen LogP contribution >= 0.6 is 0 Å². The predicted molar refractivity (Wildman–Crippen MR) is 37.1 cm³/mol. The largest absolute Gasteiger partial charge is 0.469 e. The van der Waals surface area contributed by atoms with E-state index < -0.39 is 24.1 Å². The van der Waals surface area contributed by atoms with E-state index in [1.54, 1.807) is 0 Å². The maximum atomic E-state index is 10.7. The Hall–Kier alpha value is -1.10. The van der Waals surface area contributed by atoms with E-state index in [1.165, 1.54) is 7.11 Å². The van der Waals surface area contributed by atoms with Gasteiger partial charge in [0.05, 0.1) is 13.5 Å². The summed E-state index contributed by atoms with van der Waals surface area (Å²) in [5.41, 5.74) is 0. The average molecular weight is 174 g/mol. The van der Waals surface area contributed by atoms with Crippen molar-refractivity contribution >= 4 is 11.9 Å². The normalized spacial score (nSPS) is 28.3. The molecule has 1 fully saturated rings. The summed E-state index contributed by atoms with van der Waals surface area (Å²) in [6.45, 7) is 0. The molecule has 68 valence electrons. The van der Waals surface area contributed by atoms with Crippen LogP contribution in [0.2, 0.25) is 0 Å². The van der Waals surface area contributed by atoms with Gasteiger partial charge in [-0.2, -0.15) is 0 Å². The summed E-state index contributed by atoms with van der Waals surface area (Å²) in [5.74, 6) is -1.11. The molecule has 1 saturated heterocycles. The summed E-state index contributed by atoms with van der Waals surface area (Å²) < 4.78 is 9.03. The van der Waals surface area contributed by atoms with Crippen molar-refractivity contribution in [2.45, 2.75) is 25.0 Å². The van der Waals surface area contributed by atoms with E-state index in [0.29, 0.717) is 0 Å². The van der Waals surface area contributed by atoms with Gasteiger partial charge < -0.3 is 14.6 Å². The van der Waals surface area contributed by atoms with E-state index in [2.05, 4.69) is 9.47 Å². The molecular formula is C7H10O5. The third kappa shape index (κ3) is 1.94. The minimum absolute atomic E-state index is 0.0132. The van der Waals surface area contributed by atoms with E-state index >= 15 is 0 Å². The molecule has 0 aromatic heterocycles. The van der Waals surface area contributed by atoms with Gasteiger partial charge in [0.15, 0.2) is 6.10 Å². The molecule has 1 N–H and O–H groups in total. The van der Waals surface area contributed by atoms with Crippen LogP contribution in [0, 0.1) is 0 Å². The monoisotopic (exact) mass is 174 g/mol. The number of methoxy groups -OCH3 is 1. The first kappa shape index (κ1) is 8.99. The molecule has 0 aliphatic carbocycles. The highest BCUT2D eigenvalue weighted by Gasteiger charge is 2.34. The maximum absolute atomic E-state index is 10.7. The molecule has 0 saturated carbocycles. The quantitative estimate of drug-likeness (QED) is 0.556. The second kappa shape index (κ2) is 3.53. The van der Waals surface area contributed by atoms with Crippen molar-refractivity contribution in [3.05, 3.63) is 0 Å². The minimum atomic E-state index is -1.08. The highest BCUT2D eigenvalue weighted by Crippen LogP contribution is 2.17. The summed E-state index contributed by atoms with van der Waals surface area (Å²) in [6, 6.07) is 0. The van der Waals surface area contributed by atoms with Crippen molar-refractivity contribution in [3.8, 4) is 0 Å². The standard InChI is InChI=1S/C7H10O5/c1-11-6(9)3-4-2-5(8)7(10)12-4/h4-5,8H,2-3H2,1H3. The van der Waals surface area contributed by atoms with Gasteiger partial charge in [0.25, 0.3) is 0 Å². The number of hydrogen-bond donors (Lipinski definition) is 1. The van der Waals surface area contributed by atoms with Gasteiger partial charge in [0.1, 0.15) is 6.10 Å². The zero-order valence-corrected chi connectivity index (χ0v) is 6.65. The van der Waals surface area contributed by atoms with Gasteiger partial charge in [-0.05, 0) is 0 Å². The van der Waals surface area contributed by atoms with Crippen LogP contribution in [0.3, 0.4) is 0 Å². The maximum Gasteiger partial charge on any atom is 0.335 e. The van der Waals surface area contributed by atoms with Crippen LogP contribution in [-0.4, -0.2) is 36.4 Å². The summed E-state index contributed by atoms with van der Waals surface area (Å²) in [6.07, 6.45) is -1.42. The number of rotatable bonds is 2. The predicted octanol–water partition coefficient (Wildman–Crippen LogP) is -0.774. The molecule has 0 spiro atoms. The molecule has 2 atom stereocenters. The van der Waals surface area contributed by atoms with Crippen LogP contribution < -0.4 is 0 Å². The number of carbonyl (C=O) groups excluding carboxylic acids is 2. The van der Waals surface area contributed by atoms with E-state index in [-0.39, 0.29) is 12.8 Å². The molecule has 0 radical (unpaired) electrons. The van der Waals surface area contributed by atoms with Crippen LogP contribution in [0.15, 0.2) is 0 Å². The average Bonchev–Trinajstić information content (AvgIpc) is 2.31. The van der Waals surface area contributed by atoms with Gasteiger partial charge in [0, 0.05) is 6.42 Å². The van der Waals surface area contributed by atoms with Crippen LogP contribution in [0.25, 0.3) is 0 Å². The fourth-order valence-electron chi connectivity index (χ4n) is 1.03. The molecule has 1 heterocycles. The number of aliphatic hydroxyl groups is 1. The summed E-state index contributed by atoms with van der Waals surface area (Å²) >= 11 is 0. The van der Waals surface area contributed by atoms with Crippen molar-refractivity contribution in [3.63, 3.8) is 0 Å². The van der Waals surface area contributed by atoms with Crippen molar-refractivity contribution < 1.29 is 24.2 Å². The number of carbonyl (C=O) groups is 2. The fraction of sp³-hybridized carbons (Fsp3) is 0.714. The van der Waals surface area contributed by atoms with Crippen molar-refractivity contribution in [2.75, 3.05) is 7.11 Å². The SMILES string of the molecule is COC(=O)CC1CC(O)C(=O)O1. The van der Waals surface area contributed by atoms with Gasteiger partial charge >= 0.3 is 11.9 Å². The fourth-order valence-corrected chi connectivity index (χ4v) is 1.03. The Kier molecular flexibility index (Phi) is 2.65. The molecule has 1 rings (SSSR count). The first-order valence-electron chi connectivity index (χ1n) is 3.59. The molecule has 1 aliphatic heterocycles. The second-order valence-electron chi connectivity index (χ2n) is 2.59. The molecule has 0 bridgehead atoms. The first-order valence-corrected chi connectivity index (χ1v) is 3.59. The number of cyclic esters (lactones) is 1. The third-order valence-electron chi connectivity index (χ3n) is 1.66. The summed E-state index contributed by atoms with van der Waals surface area (Å²) in [7, 11) is 1.26. The number of aliphatic hydroxyl groups excluding tert-OH is 1. The van der Waals surface area contributed by atoms with Crippen LogP contribution in [-0.2, 0) is 19.1 Å². The molecule has 2 unspecified atom stereocenters. The number of ether oxygens (including phenoxy) is 2. The molecular weight excluding hydrogens is 164 g/mol. The second-order valence-corrected chi connectivity index (χ2v) is 2.59. The Morgan fingerprint density at radius 3 is 2.92 bits per heavy atom. The minimum Gasteiger partial charge on any atom is -0.469 e. The van der Waals surface area contributed by atoms with Crippen molar-refractivity contribution in [1.82, 2.24) is 0 Å². The number of hydrogen-bond acceptors (Lipinski definition) is 5. The summed E-state index contributed by atoms with van der Waals surface area (Å²) in [4.78, 5) is 21.3. The molecule has 0 aromatic carbocycles. The Labute approximate surface area is 69.3 Å². The highest BCUT2D eigenvalue weighted by molar-refractivity contribution is 5.78. The van der Waals surface area contributed by atoms with E-state index in [9.17, 15) is 9.59 Å². The van der Waals surface area contributed by atoms with E-state index in [4.69, 9.17) is 5.11 Å². The molecule has 5 heteroatoms. The molecule has 1 aliphatic rings. The Morgan fingerprint density at radius 2 is 2.50 bits per heavy atom. The third-order valence-corrected chi connectivity index (χ3v) is 1.66. The van der Waals surface area contributed by atoms with Crippen LogP contribution in [0.4, 0.5) is 0 Å². The molecule has 0 aromatic rings. The molecule has 5 nitrogen and oxygen atoms in total. The van der Waals surface area contributed by atoms with E-state index in [1.807, 2.05) is 0 Å². The smallest absolute Gasteiger partial charge is 0.335 e. The highest BCUT2D eigenvalue weighted by atomic mass is 16.6. The lowest BCUT2D eigenvalue weighted by atomic mass is 10.1. The van der Waals surface area contributed by atoms with Crippen molar-refractivity contribution in [2.24, 2.45) is 0 Å². The van der Waals surface area contributed by atoms with Gasteiger partial charge in [-0.1, -0.05) is 0 Å². The Morgan fingerprint density at radius 1 is 1.83 bits per heavy atom. The summed E-state index contributed by atoms with van der Waals surface area (Å²) in [5, 5.41) is 8.93. The molecule has 12 heavy (non-hydrogen) atoms. The first-order chi connectivity index (χ1) is 5.63. The van der Waals surface area contributed by atoms with Crippen LogP contribution in [0.5, 0.6) is 0 Å². The number of esters is 2. The lowest BCUT2D eigenvalue weighted by molar-refractivity contribution is -0.150. The zero-order chi connectivity index (χ0) is 9.14.